The van der Waals surface area contributed by atoms with Crippen molar-refractivity contribution in [1.82, 2.24) is 5.27 Å². The lowest BCUT2D eigenvalue weighted by molar-refractivity contribution is -0.671. The third kappa shape index (κ3) is 2.76. The molecule has 0 spiro atoms. The van der Waals surface area contributed by atoms with Gasteiger partial charge < -0.3 is 14.5 Å². The minimum atomic E-state index is -0.544. The highest BCUT2D eigenvalue weighted by atomic mass is 35.5. The molecular formula is C23H14Cl2N4O2. The first-order valence-corrected chi connectivity index (χ1v) is 10.5. The molecule has 0 aliphatic carbocycles. The number of aromatic nitrogens is 2. The fourth-order valence-corrected chi connectivity index (χ4v) is 4.90. The number of nitrogens with zero attached hydrogens (tertiary/aromatic N) is 4. The van der Waals surface area contributed by atoms with Crippen molar-refractivity contribution in [2.45, 2.75) is 12.1 Å². The molecule has 31 heavy (non-hydrogen) atoms. The SMILES string of the molecule is [O-]c1on[n+](-c2ccccc2)c1C1=Nc2ccccc2N2C1C2c1c(Cl)cccc1Cl. The number of aliphatic imine (C=N–C) groups is 1. The Morgan fingerprint density at radius 3 is 2.35 bits per heavy atom. The smallest absolute Gasteiger partial charge is 0.287 e. The van der Waals surface area contributed by atoms with Crippen LogP contribution in [0, 0.1) is 0 Å². The summed E-state index contributed by atoms with van der Waals surface area (Å²) in [4.78, 5) is 7.03. The van der Waals surface area contributed by atoms with Gasteiger partial charge in [-0.1, -0.05) is 59.6 Å². The minimum Gasteiger partial charge on any atom is -0.539 e. The molecule has 0 bridgehead atoms. The molecule has 3 heterocycles. The van der Waals surface area contributed by atoms with Crippen molar-refractivity contribution < 1.29 is 14.3 Å². The van der Waals surface area contributed by atoms with Gasteiger partial charge in [-0.05, 0) is 28.9 Å². The van der Waals surface area contributed by atoms with Crippen LogP contribution in [0.1, 0.15) is 17.3 Å². The van der Waals surface area contributed by atoms with Gasteiger partial charge in [-0.3, -0.25) is 0 Å². The Balaban J connectivity index is 1.56. The first-order valence-electron chi connectivity index (χ1n) is 9.70. The number of hydrogen-bond acceptors (Lipinski definition) is 5. The summed E-state index contributed by atoms with van der Waals surface area (Å²) in [6, 6.07) is 22.2. The molecule has 1 fully saturated rings. The summed E-state index contributed by atoms with van der Waals surface area (Å²) in [6.07, 6.45) is 0. The predicted octanol–water partition coefficient (Wildman–Crippen LogP) is 4.40. The van der Waals surface area contributed by atoms with Crippen LogP contribution in [0.25, 0.3) is 5.69 Å². The highest BCUT2D eigenvalue weighted by Gasteiger charge is 2.58. The van der Waals surface area contributed by atoms with Gasteiger partial charge in [0.25, 0.3) is 5.69 Å². The lowest BCUT2D eigenvalue weighted by Gasteiger charge is -2.15. The van der Waals surface area contributed by atoms with E-state index < -0.39 is 5.95 Å². The van der Waals surface area contributed by atoms with Crippen molar-refractivity contribution in [3.63, 3.8) is 0 Å². The summed E-state index contributed by atoms with van der Waals surface area (Å²) in [5.41, 5.74) is 4.13. The van der Waals surface area contributed by atoms with Gasteiger partial charge in [0.1, 0.15) is 11.8 Å². The monoisotopic (exact) mass is 448 g/mol. The van der Waals surface area contributed by atoms with Gasteiger partial charge in [0, 0.05) is 27.7 Å². The van der Waals surface area contributed by atoms with Crippen LogP contribution in [0.3, 0.4) is 0 Å². The quantitative estimate of drug-likeness (QED) is 0.344. The number of rotatable bonds is 3. The Hall–Kier alpha value is -3.35. The molecule has 6 nitrogen and oxygen atoms in total. The molecule has 3 aromatic carbocycles. The van der Waals surface area contributed by atoms with E-state index in [4.69, 9.17) is 32.7 Å². The Morgan fingerprint density at radius 2 is 1.58 bits per heavy atom. The highest BCUT2D eigenvalue weighted by molar-refractivity contribution is 6.36. The van der Waals surface area contributed by atoms with Crippen LogP contribution < -0.4 is 14.7 Å². The van der Waals surface area contributed by atoms with Gasteiger partial charge >= 0.3 is 0 Å². The summed E-state index contributed by atoms with van der Waals surface area (Å²) in [7, 11) is 0. The number of fused-ring (bicyclic) bond motifs is 3. The summed E-state index contributed by atoms with van der Waals surface area (Å²) in [6.45, 7) is 0. The molecule has 1 saturated heterocycles. The van der Waals surface area contributed by atoms with E-state index in [0.717, 1.165) is 16.9 Å². The molecule has 2 unspecified atom stereocenters. The van der Waals surface area contributed by atoms with Crippen LogP contribution in [-0.2, 0) is 0 Å². The van der Waals surface area contributed by atoms with Crippen LogP contribution in [0.15, 0.2) is 82.3 Å². The van der Waals surface area contributed by atoms with Crippen LogP contribution in [0.2, 0.25) is 10.0 Å². The number of anilines is 1. The largest absolute Gasteiger partial charge is 0.539 e. The van der Waals surface area contributed by atoms with E-state index in [0.29, 0.717) is 27.1 Å². The van der Waals surface area contributed by atoms with Gasteiger partial charge in [-0.15, -0.1) is 0 Å². The van der Waals surface area contributed by atoms with Gasteiger partial charge in [0.15, 0.2) is 5.95 Å². The molecule has 2 aliphatic rings. The minimum absolute atomic E-state index is 0.151. The third-order valence-corrected chi connectivity index (χ3v) is 6.30. The number of hydrogen-bond donors (Lipinski definition) is 0. The van der Waals surface area contributed by atoms with Crippen molar-refractivity contribution >= 4 is 40.3 Å². The highest BCUT2D eigenvalue weighted by Crippen LogP contribution is 2.57. The van der Waals surface area contributed by atoms with E-state index in [-0.39, 0.29) is 12.1 Å². The Kier molecular flexibility index (Phi) is 4.06. The first-order chi connectivity index (χ1) is 15.1. The summed E-state index contributed by atoms with van der Waals surface area (Å²) < 4.78 is 6.55. The van der Waals surface area contributed by atoms with E-state index in [1.165, 1.54) is 4.68 Å². The van der Waals surface area contributed by atoms with Gasteiger partial charge in [0.05, 0.1) is 22.7 Å². The average molecular weight is 449 g/mol. The Labute approximate surface area is 187 Å². The molecule has 4 aromatic rings. The van der Waals surface area contributed by atoms with Crippen molar-refractivity contribution in [3.8, 4) is 11.6 Å². The number of para-hydroxylation sites is 3. The topological polar surface area (TPSA) is 68.3 Å². The molecule has 0 radical (unpaired) electrons. The second kappa shape index (κ2) is 6.83. The van der Waals surface area contributed by atoms with Crippen molar-refractivity contribution in [2.75, 3.05) is 4.90 Å². The molecule has 2 aliphatic heterocycles. The zero-order valence-electron chi connectivity index (χ0n) is 15.9. The standard InChI is InChI=1S/C23H14Cl2N4O2/c24-14-9-6-10-15(25)18(14)20-21-19(26-16-11-4-5-12-17(16)28(20)21)22-23(30)31-27-29(22)13-7-2-1-3-8-13/h1-12,20-21H. The summed E-state index contributed by atoms with van der Waals surface area (Å²) in [5.74, 6) is -0.544. The van der Waals surface area contributed by atoms with E-state index in [9.17, 15) is 5.11 Å². The van der Waals surface area contributed by atoms with Gasteiger partial charge in [0.2, 0.25) is 5.69 Å². The van der Waals surface area contributed by atoms with Crippen molar-refractivity contribution in [1.29, 1.82) is 0 Å². The molecule has 152 valence electrons. The third-order valence-electron chi connectivity index (χ3n) is 5.64. The maximum atomic E-state index is 12.8. The fourth-order valence-electron chi connectivity index (χ4n) is 4.28. The summed E-state index contributed by atoms with van der Waals surface area (Å²) in [5, 5.41) is 17.9. The first kappa shape index (κ1) is 18.4. The molecule has 1 aromatic heterocycles. The molecular weight excluding hydrogens is 435 g/mol. The van der Waals surface area contributed by atoms with Crippen LogP contribution >= 0.6 is 23.2 Å². The van der Waals surface area contributed by atoms with Gasteiger partial charge in [-0.2, -0.15) is 0 Å². The molecule has 0 saturated carbocycles. The second-order valence-electron chi connectivity index (χ2n) is 7.37. The Morgan fingerprint density at radius 1 is 0.871 bits per heavy atom. The molecule has 0 amide bonds. The van der Waals surface area contributed by atoms with Crippen LogP contribution in [0.4, 0.5) is 11.4 Å². The van der Waals surface area contributed by atoms with E-state index in [1.54, 1.807) is 0 Å². The van der Waals surface area contributed by atoms with Crippen LogP contribution in [0.5, 0.6) is 5.95 Å². The number of benzene rings is 3. The van der Waals surface area contributed by atoms with Crippen LogP contribution in [-0.4, -0.2) is 17.0 Å². The van der Waals surface area contributed by atoms with E-state index in [2.05, 4.69) is 10.2 Å². The normalized spacial score (nSPS) is 18.9. The summed E-state index contributed by atoms with van der Waals surface area (Å²) >= 11 is 13.1. The zero-order chi connectivity index (χ0) is 21.1. The molecule has 6 rings (SSSR count). The predicted molar refractivity (Wildman–Crippen MR) is 116 cm³/mol. The van der Waals surface area contributed by atoms with E-state index >= 15 is 0 Å². The second-order valence-corrected chi connectivity index (χ2v) is 8.19. The molecule has 0 N–H and O–H groups in total. The van der Waals surface area contributed by atoms with E-state index in [1.807, 2.05) is 72.8 Å². The zero-order valence-corrected chi connectivity index (χ0v) is 17.5. The maximum Gasteiger partial charge on any atom is 0.287 e. The maximum absolute atomic E-state index is 12.8. The number of halogens is 2. The van der Waals surface area contributed by atoms with Crippen molar-refractivity contribution in [3.05, 3.63) is 94.1 Å². The molecule has 8 heteroatoms. The Bertz CT molecular complexity index is 1330. The molecule has 2 atom stereocenters. The van der Waals surface area contributed by atoms with Gasteiger partial charge in [-0.25, -0.2) is 4.99 Å². The lowest BCUT2D eigenvalue weighted by Crippen LogP contribution is -2.41. The average Bonchev–Trinajstić information content (AvgIpc) is 3.40. The fraction of sp³-hybridized carbons (Fsp3) is 0.0870. The van der Waals surface area contributed by atoms with Crippen molar-refractivity contribution in [2.24, 2.45) is 4.99 Å². The lowest BCUT2D eigenvalue weighted by atomic mass is 10.0.